The van der Waals surface area contributed by atoms with Crippen LogP contribution >= 0.6 is 0 Å². The summed E-state index contributed by atoms with van der Waals surface area (Å²) in [7, 11) is 1.57. The van der Waals surface area contributed by atoms with Gasteiger partial charge in [-0.3, -0.25) is 4.68 Å². The Hall–Kier alpha value is -1.78. The van der Waals surface area contributed by atoms with Gasteiger partial charge in [0.15, 0.2) is 0 Å². The van der Waals surface area contributed by atoms with Crippen molar-refractivity contribution >= 4 is 0 Å². The van der Waals surface area contributed by atoms with Gasteiger partial charge in [0.05, 0.1) is 5.56 Å². The van der Waals surface area contributed by atoms with E-state index in [1.807, 2.05) is 0 Å². The Morgan fingerprint density at radius 2 is 1.81 bits per heavy atom. The molecule has 0 bridgehead atoms. The Balaban J connectivity index is 2.50. The number of aryl methyl sites for hydroxylation is 1. The van der Waals surface area contributed by atoms with Gasteiger partial charge in [-0.05, 0) is 24.3 Å². The van der Waals surface area contributed by atoms with Crippen molar-refractivity contribution in [2.75, 3.05) is 0 Å². The minimum Gasteiger partial charge on any atom is -0.275 e. The van der Waals surface area contributed by atoms with Gasteiger partial charge in [-0.15, -0.1) is 0 Å². The van der Waals surface area contributed by atoms with Gasteiger partial charge in [-0.2, -0.15) is 5.10 Å². The van der Waals surface area contributed by atoms with E-state index in [0.29, 0.717) is 5.56 Å². The summed E-state index contributed by atoms with van der Waals surface area (Å²) < 4.78 is 39.4. The van der Waals surface area contributed by atoms with Crippen molar-refractivity contribution in [3.8, 4) is 11.3 Å². The van der Waals surface area contributed by atoms with Crippen LogP contribution in [0.25, 0.3) is 11.3 Å². The molecule has 2 rings (SSSR count). The maximum absolute atomic E-state index is 12.7. The molecule has 0 fully saturated rings. The van der Waals surface area contributed by atoms with Crippen molar-refractivity contribution in [1.82, 2.24) is 9.78 Å². The molecule has 0 N–H and O–H groups in total. The molecule has 0 amide bonds. The zero-order valence-corrected chi connectivity index (χ0v) is 8.49. The molecule has 2 aromatic rings. The Bertz CT molecular complexity index is 488. The normalized spacial score (nSPS) is 11.1. The molecule has 0 atom stereocenters. The summed E-state index contributed by atoms with van der Waals surface area (Å²) in [6.45, 7) is 0. The Labute approximate surface area is 90.3 Å². The largest absolute Gasteiger partial charge is 0.275 e. The molecule has 0 saturated carbocycles. The number of benzene rings is 1. The molecule has 0 aliphatic heterocycles. The first-order valence-corrected chi connectivity index (χ1v) is 4.65. The van der Waals surface area contributed by atoms with E-state index in [1.165, 1.54) is 35.1 Å². The maximum atomic E-state index is 12.7. The van der Waals surface area contributed by atoms with Crippen LogP contribution in [0.3, 0.4) is 0 Å². The lowest BCUT2D eigenvalue weighted by molar-refractivity contribution is 0.152. The van der Waals surface area contributed by atoms with Crippen LogP contribution in [0.5, 0.6) is 0 Å². The average molecular weight is 226 g/mol. The molecule has 0 aliphatic carbocycles. The van der Waals surface area contributed by atoms with Crippen LogP contribution in [-0.4, -0.2) is 9.78 Å². The highest BCUT2D eigenvalue weighted by atomic mass is 19.3. The fraction of sp³-hybridized carbons (Fsp3) is 0.182. The summed E-state index contributed by atoms with van der Waals surface area (Å²) in [4.78, 5) is 0. The molecule has 1 aromatic heterocycles. The highest BCUT2D eigenvalue weighted by Gasteiger charge is 2.18. The average Bonchev–Trinajstić information content (AvgIpc) is 2.61. The summed E-state index contributed by atoms with van der Waals surface area (Å²) in [6, 6.07) is 5.31. The maximum Gasteiger partial charge on any atom is 0.267 e. The second-order valence-corrected chi connectivity index (χ2v) is 3.41. The summed E-state index contributed by atoms with van der Waals surface area (Å²) in [5.74, 6) is -0.404. The fourth-order valence-electron chi connectivity index (χ4n) is 1.50. The fourth-order valence-corrected chi connectivity index (χ4v) is 1.50. The third-order valence-corrected chi connectivity index (χ3v) is 2.21. The van der Waals surface area contributed by atoms with Crippen molar-refractivity contribution in [2.24, 2.45) is 7.05 Å². The van der Waals surface area contributed by atoms with E-state index in [0.717, 1.165) is 0 Å². The molecule has 1 heterocycles. The van der Waals surface area contributed by atoms with Crippen molar-refractivity contribution in [3.05, 3.63) is 41.8 Å². The predicted molar refractivity (Wildman–Crippen MR) is 53.6 cm³/mol. The molecule has 0 radical (unpaired) electrons. The van der Waals surface area contributed by atoms with E-state index in [-0.39, 0.29) is 11.3 Å². The number of nitrogens with zero attached hydrogens (tertiary/aromatic N) is 2. The van der Waals surface area contributed by atoms with E-state index < -0.39 is 12.2 Å². The van der Waals surface area contributed by atoms with Gasteiger partial charge in [0.25, 0.3) is 6.43 Å². The molecule has 0 spiro atoms. The lowest BCUT2D eigenvalue weighted by Crippen LogP contribution is -1.88. The number of halogens is 3. The van der Waals surface area contributed by atoms with Gasteiger partial charge in [-0.25, -0.2) is 13.2 Å². The monoisotopic (exact) mass is 226 g/mol. The van der Waals surface area contributed by atoms with E-state index in [1.54, 1.807) is 7.05 Å². The predicted octanol–water partition coefficient (Wildman–Crippen LogP) is 3.16. The lowest BCUT2D eigenvalue weighted by Gasteiger charge is -2.00. The smallest absolute Gasteiger partial charge is 0.267 e. The topological polar surface area (TPSA) is 17.8 Å². The van der Waals surface area contributed by atoms with Crippen LogP contribution in [0, 0.1) is 5.82 Å². The molecular formula is C11H9F3N2. The minimum atomic E-state index is -2.59. The van der Waals surface area contributed by atoms with Crippen LogP contribution < -0.4 is 0 Å². The molecule has 0 unspecified atom stereocenters. The summed E-state index contributed by atoms with van der Waals surface area (Å²) in [5.41, 5.74) is 0.531. The highest BCUT2D eigenvalue weighted by molar-refractivity contribution is 5.62. The number of alkyl halides is 2. The first-order chi connectivity index (χ1) is 7.58. The van der Waals surface area contributed by atoms with Gasteiger partial charge in [0, 0.05) is 18.8 Å². The van der Waals surface area contributed by atoms with Gasteiger partial charge < -0.3 is 0 Å². The quantitative estimate of drug-likeness (QED) is 0.769. The first kappa shape index (κ1) is 10.7. The molecule has 2 nitrogen and oxygen atoms in total. The van der Waals surface area contributed by atoms with Crippen molar-refractivity contribution < 1.29 is 13.2 Å². The van der Waals surface area contributed by atoms with E-state index in [4.69, 9.17) is 0 Å². The molecule has 84 valence electrons. The third kappa shape index (κ3) is 1.93. The Morgan fingerprint density at radius 3 is 2.38 bits per heavy atom. The number of hydrogen-bond acceptors (Lipinski definition) is 1. The number of rotatable bonds is 2. The number of aromatic nitrogens is 2. The van der Waals surface area contributed by atoms with E-state index in [2.05, 4.69) is 5.10 Å². The molecule has 16 heavy (non-hydrogen) atoms. The lowest BCUT2D eigenvalue weighted by atomic mass is 10.1. The van der Waals surface area contributed by atoms with Gasteiger partial charge in [0.1, 0.15) is 11.5 Å². The Kier molecular flexibility index (Phi) is 2.68. The van der Waals surface area contributed by atoms with Gasteiger partial charge in [-0.1, -0.05) is 0 Å². The highest BCUT2D eigenvalue weighted by Crippen LogP contribution is 2.29. The van der Waals surface area contributed by atoms with Crippen LogP contribution in [-0.2, 0) is 7.05 Å². The standard InChI is InChI=1S/C11H9F3N2/c1-16-6-9(11(13)14)10(15-16)7-2-4-8(12)5-3-7/h2-6,11H,1H3. The van der Waals surface area contributed by atoms with E-state index in [9.17, 15) is 13.2 Å². The second-order valence-electron chi connectivity index (χ2n) is 3.41. The summed E-state index contributed by atoms with van der Waals surface area (Å²) in [6.07, 6.45) is -1.32. The van der Waals surface area contributed by atoms with Crippen LogP contribution in [0.4, 0.5) is 13.2 Å². The molecule has 0 saturated heterocycles. The minimum absolute atomic E-state index is 0.144. The van der Waals surface area contributed by atoms with Crippen LogP contribution in [0.15, 0.2) is 30.5 Å². The zero-order valence-electron chi connectivity index (χ0n) is 8.49. The van der Waals surface area contributed by atoms with Crippen LogP contribution in [0.1, 0.15) is 12.0 Å². The van der Waals surface area contributed by atoms with Crippen molar-refractivity contribution in [1.29, 1.82) is 0 Å². The Morgan fingerprint density at radius 1 is 1.19 bits per heavy atom. The summed E-state index contributed by atoms with van der Waals surface area (Å²) >= 11 is 0. The zero-order chi connectivity index (χ0) is 11.7. The van der Waals surface area contributed by atoms with Gasteiger partial charge >= 0.3 is 0 Å². The summed E-state index contributed by atoms with van der Waals surface area (Å²) in [5, 5.41) is 3.95. The first-order valence-electron chi connectivity index (χ1n) is 4.65. The van der Waals surface area contributed by atoms with Crippen LogP contribution in [0.2, 0.25) is 0 Å². The van der Waals surface area contributed by atoms with Crippen molar-refractivity contribution in [3.63, 3.8) is 0 Å². The van der Waals surface area contributed by atoms with E-state index >= 15 is 0 Å². The SMILES string of the molecule is Cn1cc(C(F)F)c(-c2ccc(F)cc2)n1. The van der Waals surface area contributed by atoms with Crippen molar-refractivity contribution in [2.45, 2.75) is 6.43 Å². The number of hydrogen-bond donors (Lipinski definition) is 0. The van der Waals surface area contributed by atoms with Gasteiger partial charge in [0.2, 0.25) is 0 Å². The molecule has 0 aliphatic rings. The molecule has 5 heteroatoms. The second kappa shape index (κ2) is 4.00. The third-order valence-electron chi connectivity index (χ3n) is 2.21. The molecular weight excluding hydrogens is 217 g/mol. The molecule has 1 aromatic carbocycles.